The summed E-state index contributed by atoms with van der Waals surface area (Å²) < 4.78 is 5.89. The molecule has 2 aliphatic rings. The second kappa shape index (κ2) is 10.2. The third-order valence-corrected chi connectivity index (χ3v) is 6.27. The maximum Gasteiger partial charge on any atom is 0.150 e. The number of aliphatic hydroxyl groups is 1. The molecule has 0 saturated carbocycles. The van der Waals surface area contributed by atoms with Crippen LogP contribution in [-0.4, -0.2) is 41.2 Å². The predicted octanol–water partition coefficient (Wildman–Crippen LogP) is 4.41. The minimum atomic E-state index is -0.790. The number of piperidine rings is 1. The summed E-state index contributed by atoms with van der Waals surface area (Å²) in [5, 5.41) is 17.3. The molecule has 2 unspecified atom stereocenters. The van der Waals surface area contributed by atoms with Gasteiger partial charge < -0.3 is 20.5 Å². The topological polar surface area (TPSA) is 56.8 Å². The van der Waals surface area contributed by atoms with Crippen molar-refractivity contribution in [2.45, 2.75) is 44.4 Å². The summed E-state index contributed by atoms with van der Waals surface area (Å²) in [6.07, 6.45) is 5.05. The van der Waals surface area contributed by atoms with E-state index in [1.54, 1.807) is 0 Å². The van der Waals surface area contributed by atoms with Crippen molar-refractivity contribution in [3.63, 3.8) is 0 Å². The summed E-state index contributed by atoms with van der Waals surface area (Å²) in [4.78, 5) is 3.38. The molecule has 6 heteroatoms. The van der Waals surface area contributed by atoms with Crippen LogP contribution in [0, 0.1) is 0 Å². The highest BCUT2D eigenvalue weighted by atomic mass is 32.1. The molecule has 0 amide bonds. The molecule has 2 aliphatic heterocycles. The van der Waals surface area contributed by atoms with Gasteiger partial charge in [-0.2, -0.15) is 0 Å². The Morgan fingerprint density at radius 3 is 2.60 bits per heavy atom. The molecule has 0 aliphatic carbocycles. The van der Waals surface area contributed by atoms with Gasteiger partial charge >= 0.3 is 0 Å². The second-order valence-electron chi connectivity index (χ2n) is 8.11. The molecule has 2 fully saturated rings. The number of anilines is 1. The molecule has 0 aromatic heterocycles. The van der Waals surface area contributed by atoms with Gasteiger partial charge in [-0.15, -0.1) is 0 Å². The number of hydrogen-bond donors (Lipinski definition) is 3. The first kappa shape index (κ1) is 21.1. The summed E-state index contributed by atoms with van der Waals surface area (Å²) in [7, 11) is 0. The third-order valence-electron chi connectivity index (χ3n) is 5.94. The highest BCUT2D eigenvalue weighted by Crippen LogP contribution is 2.31. The molecule has 2 aromatic rings. The maximum atomic E-state index is 10.7. The zero-order valence-corrected chi connectivity index (χ0v) is 18.2. The standard InChI is InChI=1S/C24H31N3O2S/c28-24(26-21-7-3-2-6-20(21)22-12-13-23(30)25-22)18-8-10-19(11-9-18)29-17-16-27-14-4-1-5-15-27/h2-3,6-11,22,24,26,28H,1,4-5,12-17H2,(H,25,30). The highest BCUT2D eigenvalue weighted by Gasteiger charge is 2.22. The quantitative estimate of drug-likeness (QED) is 0.430. The molecule has 2 heterocycles. The number of benzene rings is 2. The Morgan fingerprint density at radius 2 is 1.87 bits per heavy atom. The van der Waals surface area contributed by atoms with Crippen LogP contribution in [0.5, 0.6) is 5.75 Å². The first-order valence-corrected chi connectivity index (χ1v) is 11.4. The lowest BCUT2D eigenvalue weighted by Crippen LogP contribution is -2.33. The fraction of sp³-hybridized carbons (Fsp3) is 0.458. The van der Waals surface area contributed by atoms with Gasteiger partial charge in [-0.3, -0.25) is 4.90 Å². The molecule has 0 bridgehead atoms. The van der Waals surface area contributed by atoms with Gasteiger partial charge in [0.15, 0.2) is 6.23 Å². The number of hydrogen-bond acceptors (Lipinski definition) is 5. The first-order chi connectivity index (χ1) is 14.7. The zero-order chi connectivity index (χ0) is 20.8. The maximum absolute atomic E-state index is 10.7. The van der Waals surface area contributed by atoms with Gasteiger partial charge in [0.1, 0.15) is 12.4 Å². The normalized spacial score (nSPS) is 20.6. The lowest BCUT2D eigenvalue weighted by molar-refractivity contribution is 0.183. The SMILES string of the molecule is OC(Nc1ccccc1C1CCC(=S)N1)c1ccc(OCCN2CCCCC2)cc1. The van der Waals surface area contributed by atoms with Crippen LogP contribution in [0.15, 0.2) is 48.5 Å². The van der Waals surface area contributed by atoms with E-state index < -0.39 is 6.23 Å². The summed E-state index contributed by atoms with van der Waals surface area (Å²) in [5.74, 6) is 0.840. The largest absolute Gasteiger partial charge is 0.492 e. The van der Waals surface area contributed by atoms with Crippen LogP contribution in [0.1, 0.15) is 55.5 Å². The first-order valence-electron chi connectivity index (χ1n) is 11.0. The molecule has 5 nitrogen and oxygen atoms in total. The van der Waals surface area contributed by atoms with Gasteiger partial charge in [-0.05, 0) is 62.5 Å². The molecule has 0 spiro atoms. The molecule has 3 N–H and O–H groups in total. The van der Waals surface area contributed by atoms with Crippen LogP contribution in [0.3, 0.4) is 0 Å². The Hall–Kier alpha value is -2.15. The van der Waals surface area contributed by atoms with E-state index in [2.05, 4.69) is 21.6 Å². The smallest absolute Gasteiger partial charge is 0.150 e. The van der Waals surface area contributed by atoms with Crippen molar-refractivity contribution in [3.8, 4) is 5.75 Å². The van der Waals surface area contributed by atoms with Crippen molar-refractivity contribution >= 4 is 22.9 Å². The van der Waals surface area contributed by atoms with Gasteiger partial charge in [0, 0.05) is 17.8 Å². The number of para-hydroxylation sites is 1. The predicted molar refractivity (Wildman–Crippen MR) is 125 cm³/mol. The van der Waals surface area contributed by atoms with E-state index in [0.717, 1.165) is 46.9 Å². The van der Waals surface area contributed by atoms with Gasteiger partial charge in [0.05, 0.1) is 11.0 Å². The van der Waals surface area contributed by atoms with E-state index >= 15 is 0 Å². The Bertz CT molecular complexity index is 837. The van der Waals surface area contributed by atoms with E-state index in [-0.39, 0.29) is 6.04 Å². The van der Waals surface area contributed by atoms with Crippen molar-refractivity contribution < 1.29 is 9.84 Å². The number of aliphatic hydroxyl groups excluding tert-OH is 1. The fourth-order valence-corrected chi connectivity index (χ4v) is 4.49. The van der Waals surface area contributed by atoms with E-state index in [1.807, 2.05) is 42.5 Å². The second-order valence-corrected chi connectivity index (χ2v) is 8.61. The van der Waals surface area contributed by atoms with Crippen molar-refractivity contribution in [1.29, 1.82) is 0 Å². The highest BCUT2D eigenvalue weighted by molar-refractivity contribution is 7.80. The fourth-order valence-electron chi connectivity index (χ4n) is 4.23. The molecule has 2 atom stereocenters. The molecule has 30 heavy (non-hydrogen) atoms. The molecule has 160 valence electrons. The van der Waals surface area contributed by atoms with Crippen LogP contribution < -0.4 is 15.4 Å². The number of rotatable bonds is 8. The minimum absolute atomic E-state index is 0.198. The van der Waals surface area contributed by atoms with E-state index in [1.165, 1.54) is 32.4 Å². The number of ether oxygens (including phenoxy) is 1. The van der Waals surface area contributed by atoms with Crippen molar-refractivity contribution in [2.24, 2.45) is 0 Å². The van der Waals surface area contributed by atoms with Crippen LogP contribution in [-0.2, 0) is 0 Å². The Morgan fingerprint density at radius 1 is 1.10 bits per heavy atom. The number of likely N-dealkylation sites (tertiary alicyclic amines) is 1. The van der Waals surface area contributed by atoms with E-state index in [4.69, 9.17) is 17.0 Å². The van der Waals surface area contributed by atoms with Crippen LogP contribution >= 0.6 is 12.2 Å². The lowest BCUT2D eigenvalue weighted by Gasteiger charge is -2.26. The zero-order valence-electron chi connectivity index (χ0n) is 17.3. The Kier molecular flexibility index (Phi) is 7.20. The van der Waals surface area contributed by atoms with E-state index in [9.17, 15) is 5.11 Å². The Balaban J connectivity index is 1.32. The summed E-state index contributed by atoms with van der Waals surface area (Å²) in [5.41, 5.74) is 2.87. The average molecular weight is 426 g/mol. The number of nitrogens with zero attached hydrogens (tertiary/aromatic N) is 1. The molecule has 2 saturated heterocycles. The Labute approximate surface area is 184 Å². The third kappa shape index (κ3) is 5.50. The lowest BCUT2D eigenvalue weighted by atomic mass is 10.0. The van der Waals surface area contributed by atoms with E-state index in [0.29, 0.717) is 6.61 Å². The van der Waals surface area contributed by atoms with Crippen LogP contribution in [0.4, 0.5) is 5.69 Å². The van der Waals surface area contributed by atoms with Gasteiger partial charge in [0.2, 0.25) is 0 Å². The van der Waals surface area contributed by atoms with Crippen LogP contribution in [0.25, 0.3) is 0 Å². The molecular weight excluding hydrogens is 394 g/mol. The molecule has 0 radical (unpaired) electrons. The summed E-state index contributed by atoms with van der Waals surface area (Å²) >= 11 is 5.29. The van der Waals surface area contributed by atoms with Gasteiger partial charge in [0.25, 0.3) is 0 Å². The number of thiocarbonyl (C=S) groups is 1. The van der Waals surface area contributed by atoms with Gasteiger partial charge in [-0.1, -0.05) is 49.0 Å². The number of nitrogens with one attached hydrogen (secondary N) is 2. The molecule has 2 aromatic carbocycles. The van der Waals surface area contributed by atoms with Crippen molar-refractivity contribution in [1.82, 2.24) is 10.2 Å². The summed E-state index contributed by atoms with van der Waals surface area (Å²) in [6, 6.07) is 16.0. The monoisotopic (exact) mass is 425 g/mol. The average Bonchev–Trinajstić information content (AvgIpc) is 3.21. The van der Waals surface area contributed by atoms with Crippen molar-refractivity contribution in [2.75, 3.05) is 31.6 Å². The molecule has 4 rings (SSSR count). The minimum Gasteiger partial charge on any atom is -0.492 e. The van der Waals surface area contributed by atoms with Gasteiger partial charge in [-0.25, -0.2) is 0 Å². The summed E-state index contributed by atoms with van der Waals surface area (Å²) in [6.45, 7) is 4.04. The van der Waals surface area contributed by atoms with Crippen molar-refractivity contribution in [3.05, 3.63) is 59.7 Å². The molecular formula is C24H31N3O2S. The van der Waals surface area contributed by atoms with Crippen LogP contribution in [0.2, 0.25) is 0 Å².